The Balaban J connectivity index is 1.79. The summed E-state index contributed by atoms with van der Waals surface area (Å²) < 4.78 is 1.33. The topological polar surface area (TPSA) is 76.9 Å². The van der Waals surface area contributed by atoms with Crippen LogP contribution >= 0.6 is 0 Å². The van der Waals surface area contributed by atoms with E-state index in [1.165, 1.54) is 4.68 Å². The highest BCUT2D eigenvalue weighted by Crippen LogP contribution is 2.08. The Kier molecular flexibility index (Phi) is 4.88. The summed E-state index contributed by atoms with van der Waals surface area (Å²) >= 11 is 0. The third-order valence-corrected chi connectivity index (χ3v) is 4.17. The fourth-order valence-corrected chi connectivity index (χ4v) is 2.47. The molecular weight excluding hydrogens is 316 g/mol. The molecule has 3 rings (SSSR count). The summed E-state index contributed by atoms with van der Waals surface area (Å²) in [5.74, 6) is -0.0939. The van der Waals surface area contributed by atoms with Crippen molar-refractivity contribution in [2.45, 2.75) is 32.9 Å². The smallest absolute Gasteiger partial charge is 0.277 e. The molecule has 0 aliphatic rings. The van der Waals surface area contributed by atoms with Crippen LogP contribution in [0.15, 0.2) is 53.3 Å². The van der Waals surface area contributed by atoms with Crippen LogP contribution in [0.2, 0.25) is 0 Å². The number of nitrogens with zero attached hydrogens (tertiary/aromatic N) is 3. The normalized spacial score (nSPS) is 12.1. The van der Waals surface area contributed by atoms with Gasteiger partial charge in [-0.1, -0.05) is 36.4 Å². The van der Waals surface area contributed by atoms with E-state index in [1.54, 1.807) is 30.3 Å². The van der Waals surface area contributed by atoms with E-state index in [-0.39, 0.29) is 17.5 Å². The average molecular weight is 336 g/mol. The van der Waals surface area contributed by atoms with Crippen LogP contribution in [0.1, 0.15) is 36.2 Å². The highest BCUT2D eigenvalue weighted by Gasteiger charge is 2.09. The van der Waals surface area contributed by atoms with Gasteiger partial charge in [0.1, 0.15) is 5.52 Å². The molecule has 1 heterocycles. The maximum Gasteiger partial charge on any atom is 0.277 e. The molecule has 128 valence electrons. The van der Waals surface area contributed by atoms with Crippen LogP contribution in [0.4, 0.5) is 0 Å². The van der Waals surface area contributed by atoms with Gasteiger partial charge in [0.25, 0.3) is 11.5 Å². The fourth-order valence-electron chi connectivity index (χ4n) is 2.47. The molecule has 6 nitrogen and oxygen atoms in total. The van der Waals surface area contributed by atoms with Gasteiger partial charge in [0.05, 0.1) is 11.9 Å². The van der Waals surface area contributed by atoms with E-state index < -0.39 is 0 Å². The molecule has 0 aliphatic heterocycles. The van der Waals surface area contributed by atoms with Crippen LogP contribution in [-0.2, 0) is 6.54 Å². The average Bonchev–Trinajstić information content (AvgIpc) is 2.64. The van der Waals surface area contributed by atoms with Gasteiger partial charge in [0.15, 0.2) is 0 Å². The summed E-state index contributed by atoms with van der Waals surface area (Å²) in [4.78, 5) is 24.6. The summed E-state index contributed by atoms with van der Waals surface area (Å²) in [5, 5.41) is 11.5. The highest BCUT2D eigenvalue weighted by atomic mass is 16.1. The van der Waals surface area contributed by atoms with Gasteiger partial charge in [0, 0.05) is 11.6 Å². The van der Waals surface area contributed by atoms with Gasteiger partial charge in [-0.15, -0.1) is 5.10 Å². The van der Waals surface area contributed by atoms with Crippen LogP contribution in [0, 0.1) is 0 Å². The van der Waals surface area contributed by atoms with E-state index in [0.717, 1.165) is 12.0 Å². The number of hydrogen-bond acceptors (Lipinski definition) is 4. The Morgan fingerprint density at radius 2 is 1.88 bits per heavy atom. The summed E-state index contributed by atoms with van der Waals surface area (Å²) in [6.45, 7) is 4.30. The third-order valence-electron chi connectivity index (χ3n) is 4.17. The molecule has 0 aliphatic carbocycles. The molecule has 0 bridgehead atoms. The Labute approximate surface area is 145 Å². The highest BCUT2D eigenvalue weighted by molar-refractivity contribution is 5.94. The second kappa shape index (κ2) is 7.25. The van der Waals surface area contributed by atoms with E-state index in [2.05, 4.69) is 15.6 Å². The van der Waals surface area contributed by atoms with E-state index >= 15 is 0 Å². The third kappa shape index (κ3) is 3.74. The second-order valence-electron chi connectivity index (χ2n) is 6.05. The Bertz CT molecular complexity index is 948. The van der Waals surface area contributed by atoms with Crippen molar-refractivity contribution in [1.29, 1.82) is 0 Å². The van der Waals surface area contributed by atoms with Crippen molar-refractivity contribution >= 4 is 16.8 Å². The Hall–Kier alpha value is -3.02. The van der Waals surface area contributed by atoms with Gasteiger partial charge in [-0.2, -0.15) is 0 Å². The van der Waals surface area contributed by atoms with Crippen molar-refractivity contribution in [2.24, 2.45) is 0 Å². The van der Waals surface area contributed by atoms with Crippen LogP contribution in [0.3, 0.4) is 0 Å². The maximum atomic E-state index is 12.5. The molecule has 1 amide bonds. The number of amides is 1. The summed E-state index contributed by atoms with van der Waals surface area (Å²) in [7, 11) is 0. The first-order chi connectivity index (χ1) is 12.1. The number of fused-ring (bicyclic) bond motifs is 1. The molecule has 1 N–H and O–H groups in total. The number of hydrogen-bond donors (Lipinski definition) is 1. The number of rotatable bonds is 5. The Morgan fingerprint density at radius 1 is 1.16 bits per heavy atom. The molecule has 6 heteroatoms. The van der Waals surface area contributed by atoms with Crippen LogP contribution in [0.25, 0.3) is 10.9 Å². The summed E-state index contributed by atoms with van der Waals surface area (Å²) in [6, 6.07) is 14.4. The predicted octanol–water partition coefficient (Wildman–Crippen LogP) is 2.37. The predicted molar refractivity (Wildman–Crippen MR) is 96.6 cm³/mol. The summed E-state index contributed by atoms with van der Waals surface area (Å²) in [6.07, 6.45) is 0.882. The fraction of sp³-hybridized carbons (Fsp3) is 0.263. The molecule has 0 saturated carbocycles. The van der Waals surface area contributed by atoms with Crippen molar-refractivity contribution in [3.05, 3.63) is 70.0 Å². The molecule has 25 heavy (non-hydrogen) atoms. The molecule has 0 unspecified atom stereocenters. The number of nitrogens with one attached hydrogen (secondary N) is 1. The van der Waals surface area contributed by atoms with Gasteiger partial charge in [-0.25, -0.2) is 4.68 Å². The molecular formula is C19H20N4O2. The Morgan fingerprint density at radius 3 is 2.60 bits per heavy atom. The van der Waals surface area contributed by atoms with Crippen molar-refractivity contribution in [1.82, 2.24) is 20.3 Å². The number of aromatic nitrogens is 3. The van der Waals surface area contributed by atoms with Crippen LogP contribution in [0.5, 0.6) is 0 Å². The molecule has 0 radical (unpaired) electrons. The van der Waals surface area contributed by atoms with Crippen molar-refractivity contribution in [3.63, 3.8) is 0 Å². The lowest BCUT2D eigenvalue weighted by atomic mass is 10.1. The van der Waals surface area contributed by atoms with Gasteiger partial charge in [-0.3, -0.25) is 9.59 Å². The molecule has 2 aromatic carbocycles. The zero-order chi connectivity index (χ0) is 17.8. The first-order valence-corrected chi connectivity index (χ1v) is 8.31. The number of carbonyl (C=O) groups is 1. The monoisotopic (exact) mass is 336 g/mol. The maximum absolute atomic E-state index is 12.5. The SMILES string of the molecule is CC[C@@H](C)NC(=O)c1ccc(Cn2nnc3ccccc3c2=O)cc1. The minimum absolute atomic E-state index is 0.0939. The molecule has 1 aromatic heterocycles. The largest absolute Gasteiger partial charge is 0.350 e. The van der Waals surface area contributed by atoms with Crippen LogP contribution in [-0.4, -0.2) is 26.9 Å². The number of carbonyl (C=O) groups excluding carboxylic acids is 1. The molecule has 0 saturated heterocycles. The molecule has 0 spiro atoms. The van der Waals surface area contributed by atoms with Crippen molar-refractivity contribution in [3.8, 4) is 0 Å². The lowest BCUT2D eigenvalue weighted by Gasteiger charge is -2.11. The minimum atomic E-state index is -0.177. The first kappa shape index (κ1) is 16.8. The van der Waals surface area contributed by atoms with E-state index in [1.807, 2.05) is 32.0 Å². The lowest BCUT2D eigenvalue weighted by molar-refractivity contribution is 0.0939. The van der Waals surface area contributed by atoms with E-state index in [4.69, 9.17) is 0 Å². The van der Waals surface area contributed by atoms with E-state index in [0.29, 0.717) is 23.0 Å². The molecule has 0 fully saturated rings. The quantitative estimate of drug-likeness (QED) is 0.776. The lowest BCUT2D eigenvalue weighted by Crippen LogP contribution is -2.31. The molecule has 1 atom stereocenters. The first-order valence-electron chi connectivity index (χ1n) is 8.31. The minimum Gasteiger partial charge on any atom is -0.350 e. The van der Waals surface area contributed by atoms with Gasteiger partial charge in [0.2, 0.25) is 0 Å². The summed E-state index contributed by atoms with van der Waals surface area (Å²) in [5.41, 5.74) is 1.89. The second-order valence-corrected chi connectivity index (χ2v) is 6.05. The van der Waals surface area contributed by atoms with Gasteiger partial charge < -0.3 is 5.32 Å². The van der Waals surface area contributed by atoms with Gasteiger partial charge >= 0.3 is 0 Å². The molecule has 3 aromatic rings. The van der Waals surface area contributed by atoms with Gasteiger partial charge in [-0.05, 0) is 43.2 Å². The van der Waals surface area contributed by atoms with Crippen molar-refractivity contribution in [2.75, 3.05) is 0 Å². The zero-order valence-electron chi connectivity index (χ0n) is 14.3. The zero-order valence-corrected chi connectivity index (χ0v) is 14.3. The van der Waals surface area contributed by atoms with Crippen molar-refractivity contribution < 1.29 is 4.79 Å². The number of benzene rings is 2. The van der Waals surface area contributed by atoms with Crippen LogP contribution < -0.4 is 10.9 Å². The van der Waals surface area contributed by atoms with E-state index in [9.17, 15) is 9.59 Å². The standard InChI is InChI=1S/C19H20N4O2/c1-3-13(2)20-18(24)15-10-8-14(9-11-15)12-23-19(25)16-6-4-5-7-17(16)21-22-23/h4-11,13H,3,12H2,1-2H3,(H,20,24)/t13-/m1/s1.